The molecule has 0 saturated heterocycles. The SMILES string of the molecule is N.N.N.N.O=S(=O)(O)c1ccc(-c2c(-c3ccc(S(=O)(=O)O)cc3)c3c(-c4ccc(S(=O)(=O)O)cc4)c4nc(cc5ccc(cc6nc(cc2n3-c2ccc(S(=O)(=O)O)cc2)C=C6)[nH]5)C=C4)cc1. The lowest BCUT2D eigenvalue weighted by atomic mass is 9.93. The van der Waals surface area contributed by atoms with Crippen molar-refractivity contribution in [3.8, 4) is 39.1 Å². The van der Waals surface area contributed by atoms with Crippen LogP contribution in [0.5, 0.6) is 0 Å². The molecule has 0 spiro atoms. The molecule has 68 heavy (non-hydrogen) atoms. The fourth-order valence-electron chi connectivity index (χ4n) is 7.57. The highest BCUT2D eigenvalue weighted by Gasteiger charge is 2.27. The van der Waals surface area contributed by atoms with Crippen molar-refractivity contribution in [1.29, 1.82) is 0 Å². The van der Waals surface area contributed by atoms with Crippen LogP contribution in [0.1, 0.15) is 22.8 Å². The Morgan fingerprint density at radius 1 is 0.397 bits per heavy atom. The molecule has 17 N–H and O–H groups in total. The summed E-state index contributed by atoms with van der Waals surface area (Å²) >= 11 is 0. The molecule has 0 radical (unpaired) electrons. The summed E-state index contributed by atoms with van der Waals surface area (Å²) in [7, 11) is -18.7. The molecule has 7 aromatic rings. The number of rotatable bonds is 8. The highest BCUT2D eigenvalue weighted by atomic mass is 32.2. The predicted octanol–water partition coefficient (Wildman–Crippen LogP) is 8.75. The van der Waals surface area contributed by atoms with Crippen LogP contribution in [0.3, 0.4) is 0 Å². The van der Waals surface area contributed by atoms with Crippen LogP contribution in [0.25, 0.3) is 85.4 Å². The van der Waals surface area contributed by atoms with Crippen LogP contribution in [-0.4, -0.2) is 71.4 Å². The van der Waals surface area contributed by atoms with E-state index in [4.69, 9.17) is 9.97 Å². The van der Waals surface area contributed by atoms with Crippen LogP contribution >= 0.6 is 0 Å². The molecular formula is C44H42N8O12S4. The van der Waals surface area contributed by atoms with Gasteiger partial charge >= 0.3 is 0 Å². The Bertz CT molecular complexity index is 3800. The van der Waals surface area contributed by atoms with Gasteiger partial charge in [-0.3, -0.25) is 18.2 Å². The third-order valence-electron chi connectivity index (χ3n) is 10.4. The van der Waals surface area contributed by atoms with E-state index >= 15 is 0 Å². The first kappa shape index (κ1) is 51.9. The lowest BCUT2D eigenvalue weighted by Crippen LogP contribution is -2.01. The number of hydrogen-bond acceptors (Lipinski definition) is 14. The van der Waals surface area contributed by atoms with Gasteiger partial charge in [0, 0.05) is 33.4 Å². The summed E-state index contributed by atoms with van der Waals surface area (Å²) in [6.07, 6.45) is 6.97. The Morgan fingerprint density at radius 2 is 0.750 bits per heavy atom. The number of aromatic amines is 1. The monoisotopic (exact) mass is 1000 g/mol. The van der Waals surface area contributed by atoms with E-state index in [1.54, 1.807) is 41.0 Å². The van der Waals surface area contributed by atoms with Gasteiger partial charge in [-0.15, -0.1) is 0 Å². The lowest BCUT2D eigenvalue weighted by molar-refractivity contribution is 0.481. The van der Waals surface area contributed by atoms with Crippen LogP contribution < -0.4 is 24.6 Å². The van der Waals surface area contributed by atoms with Crippen molar-refractivity contribution in [2.75, 3.05) is 0 Å². The van der Waals surface area contributed by atoms with Crippen molar-refractivity contribution in [1.82, 2.24) is 44.1 Å². The molecule has 0 fully saturated rings. The van der Waals surface area contributed by atoms with Crippen molar-refractivity contribution < 1.29 is 51.9 Å². The Balaban J connectivity index is 0.00000216. The molecule has 4 aromatic carbocycles. The first-order valence-corrected chi connectivity index (χ1v) is 24.5. The van der Waals surface area contributed by atoms with E-state index in [2.05, 4.69) is 4.98 Å². The van der Waals surface area contributed by atoms with Gasteiger partial charge in [0.2, 0.25) is 0 Å². The van der Waals surface area contributed by atoms with Gasteiger partial charge in [0.1, 0.15) is 0 Å². The van der Waals surface area contributed by atoms with Crippen molar-refractivity contribution in [3.05, 3.63) is 150 Å². The number of nitrogens with one attached hydrogen (secondary N) is 1. The average molecular weight is 1000 g/mol. The maximum absolute atomic E-state index is 12.3. The summed E-state index contributed by atoms with van der Waals surface area (Å²) < 4.78 is 140. The van der Waals surface area contributed by atoms with E-state index in [-0.39, 0.29) is 35.8 Å². The van der Waals surface area contributed by atoms with Crippen LogP contribution in [0.2, 0.25) is 0 Å². The van der Waals surface area contributed by atoms with Crippen LogP contribution in [0.4, 0.5) is 0 Å². The highest BCUT2D eigenvalue weighted by molar-refractivity contribution is 7.86. The molecule has 0 saturated carbocycles. The van der Waals surface area contributed by atoms with Gasteiger partial charge in [-0.1, -0.05) is 36.4 Å². The zero-order valence-corrected chi connectivity index (χ0v) is 38.6. The van der Waals surface area contributed by atoms with E-state index in [0.29, 0.717) is 67.2 Å². The number of aromatic nitrogens is 4. The summed E-state index contributed by atoms with van der Waals surface area (Å²) in [5, 5.41) is 0. The predicted molar refractivity (Wildman–Crippen MR) is 259 cm³/mol. The number of fused-ring (bicyclic) bond motifs is 8. The fraction of sp³-hybridized carbons (Fsp3) is 0. The van der Waals surface area contributed by atoms with E-state index < -0.39 is 60.1 Å². The number of nitrogens with zero attached hydrogens (tertiary/aromatic N) is 3. The Kier molecular flexibility index (Phi) is 14.5. The highest BCUT2D eigenvalue weighted by Crippen LogP contribution is 2.47. The minimum atomic E-state index is -4.69. The molecule has 24 heteroatoms. The minimum Gasteiger partial charge on any atom is -0.355 e. The van der Waals surface area contributed by atoms with Crippen LogP contribution in [0.15, 0.2) is 147 Å². The molecule has 5 heterocycles. The third kappa shape index (κ3) is 10.1. The molecule has 2 aliphatic rings. The second kappa shape index (κ2) is 18.9. The zero-order valence-electron chi connectivity index (χ0n) is 35.3. The molecule has 3 aromatic heterocycles. The minimum absolute atomic E-state index is 0. The Hall–Kier alpha value is -7.04. The van der Waals surface area contributed by atoms with Crippen molar-refractivity contribution in [2.45, 2.75) is 19.6 Å². The van der Waals surface area contributed by atoms with Crippen LogP contribution in [-0.2, 0) is 40.5 Å². The first-order chi connectivity index (χ1) is 30.2. The molecule has 354 valence electrons. The van der Waals surface area contributed by atoms with Crippen molar-refractivity contribution in [3.63, 3.8) is 0 Å². The summed E-state index contributed by atoms with van der Waals surface area (Å²) in [5.41, 5.74) is 6.08. The molecule has 0 amide bonds. The molecule has 8 bridgehead atoms. The van der Waals surface area contributed by atoms with Gasteiger partial charge in [0.05, 0.1) is 53.4 Å². The molecule has 2 aliphatic heterocycles. The Morgan fingerprint density at radius 3 is 1.18 bits per heavy atom. The maximum Gasteiger partial charge on any atom is 0.294 e. The van der Waals surface area contributed by atoms with Gasteiger partial charge in [0.15, 0.2) is 0 Å². The summed E-state index contributed by atoms with van der Waals surface area (Å²) in [6, 6.07) is 30.0. The third-order valence-corrected chi connectivity index (χ3v) is 13.9. The van der Waals surface area contributed by atoms with Crippen LogP contribution in [0, 0.1) is 0 Å². The quantitative estimate of drug-likeness (QED) is 0.0642. The summed E-state index contributed by atoms with van der Waals surface area (Å²) in [4.78, 5) is 11.5. The molecule has 9 rings (SSSR count). The van der Waals surface area contributed by atoms with E-state index in [1.165, 1.54) is 97.1 Å². The summed E-state index contributed by atoms with van der Waals surface area (Å²) in [5.74, 6) is 0. The smallest absolute Gasteiger partial charge is 0.294 e. The second-order valence-electron chi connectivity index (χ2n) is 14.5. The maximum atomic E-state index is 12.3. The van der Waals surface area contributed by atoms with Gasteiger partial charge in [0.25, 0.3) is 40.5 Å². The number of hydrogen-bond donors (Lipinski definition) is 9. The molecular weight excluding hydrogens is 961 g/mol. The summed E-state index contributed by atoms with van der Waals surface area (Å²) in [6.45, 7) is 0. The average Bonchev–Trinajstić information content (AvgIpc) is 4.05. The van der Waals surface area contributed by atoms with E-state index in [1.807, 2.05) is 18.2 Å². The normalized spacial score (nSPS) is 12.3. The topological polar surface area (TPSA) is 404 Å². The van der Waals surface area contributed by atoms with E-state index in [9.17, 15) is 51.9 Å². The van der Waals surface area contributed by atoms with Crippen molar-refractivity contribution in [2.24, 2.45) is 0 Å². The zero-order chi connectivity index (χ0) is 45.3. The lowest BCUT2D eigenvalue weighted by Gasteiger charge is -2.14. The Labute approximate surface area is 389 Å². The first-order valence-electron chi connectivity index (χ1n) is 18.7. The van der Waals surface area contributed by atoms with Gasteiger partial charge in [-0.25, -0.2) is 9.97 Å². The van der Waals surface area contributed by atoms with Crippen molar-refractivity contribution >= 4 is 86.8 Å². The van der Waals surface area contributed by atoms with Gasteiger partial charge in [-0.05, 0) is 132 Å². The molecule has 0 unspecified atom stereocenters. The number of benzene rings is 4. The fourth-order valence-corrected chi connectivity index (χ4v) is 9.49. The van der Waals surface area contributed by atoms with Gasteiger partial charge < -0.3 is 34.2 Å². The second-order valence-corrected chi connectivity index (χ2v) is 20.2. The number of H-pyrrole nitrogens is 1. The molecule has 0 aliphatic carbocycles. The largest absolute Gasteiger partial charge is 0.355 e. The van der Waals surface area contributed by atoms with Gasteiger partial charge in [-0.2, -0.15) is 33.7 Å². The standard InChI is InChI=1S/C44H30N4O12S4.4H3N/c49-61(50,51)35-14-1-26(2-15-35)41-39-22-11-32(47-39)24-31-8-7-29(45-31)23-30-9-10-33(46-30)25-40-42(27-3-16-36(17-4-27)62(52,53)54)43(28-5-18-37(19-6-28)63(55,56)57)44(41)48(40)34-12-20-38(21-13-34)64(58,59)60;;;;/h1-25,45H,(H,49,50,51)(H,52,53,54)(H,55,56,57)(H,58,59,60);4*1H3. The van der Waals surface area contributed by atoms with E-state index in [0.717, 1.165) is 5.52 Å². The molecule has 20 nitrogen and oxygen atoms in total. The molecule has 0 atom stereocenters.